The van der Waals surface area contributed by atoms with Gasteiger partial charge in [0.05, 0.1) is 4.90 Å². The van der Waals surface area contributed by atoms with E-state index < -0.39 is 9.84 Å². The molecule has 1 unspecified atom stereocenters. The Morgan fingerprint density at radius 1 is 1.30 bits per heavy atom. The van der Waals surface area contributed by atoms with Crippen molar-refractivity contribution in [1.29, 1.82) is 0 Å². The fraction of sp³-hybridized carbons (Fsp3) is 0.294. The number of fused-ring (bicyclic) bond motifs is 1. The molecule has 3 heterocycles. The summed E-state index contributed by atoms with van der Waals surface area (Å²) < 4.78 is 26.5. The van der Waals surface area contributed by atoms with Crippen molar-refractivity contribution >= 4 is 44.3 Å². The summed E-state index contributed by atoms with van der Waals surface area (Å²) in [6, 6.07) is 8.25. The van der Waals surface area contributed by atoms with Gasteiger partial charge in [0, 0.05) is 24.1 Å². The maximum absolute atomic E-state index is 13.2. The number of anilines is 2. The molecule has 142 valence electrons. The standard InChI is InChI=1S/C17H20N6O2S2/c1-11-9-23(7-8-26-11)17-14-13(19-10-20-17)15(16(21-14)22-18)27(24,25)12-5-3-2-4-6-12/h2-6,10-11,21-22H,7-9,18H2,1H3. The van der Waals surface area contributed by atoms with Crippen LogP contribution >= 0.6 is 11.8 Å². The molecule has 4 N–H and O–H groups in total. The second-order valence-corrected chi connectivity index (χ2v) is 9.77. The normalized spacial score (nSPS) is 18.0. The zero-order chi connectivity index (χ0) is 19.0. The Morgan fingerprint density at radius 2 is 2.07 bits per heavy atom. The minimum atomic E-state index is -3.81. The highest BCUT2D eigenvalue weighted by Gasteiger charge is 2.30. The number of aromatic amines is 1. The molecule has 0 spiro atoms. The van der Waals surface area contributed by atoms with Gasteiger partial charge in [-0.15, -0.1) is 0 Å². The van der Waals surface area contributed by atoms with E-state index in [9.17, 15) is 8.42 Å². The quantitative estimate of drug-likeness (QED) is 0.447. The first kappa shape index (κ1) is 18.1. The number of thioether (sulfide) groups is 1. The first-order valence-corrected chi connectivity index (χ1v) is 11.1. The van der Waals surface area contributed by atoms with Gasteiger partial charge in [-0.05, 0) is 12.1 Å². The van der Waals surface area contributed by atoms with Gasteiger partial charge in [-0.25, -0.2) is 24.2 Å². The monoisotopic (exact) mass is 404 g/mol. The van der Waals surface area contributed by atoms with E-state index in [1.807, 2.05) is 11.8 Å². The summed E-state index contributed by atoms with van der Waals surface area (Å²) in [4.78, 5) is 14.1. The van der Waals surface area contributed by atoms with Crippen LogP contribution in [0.4, 0.5) is 11.6 Å². The number of nitrogens with zero attached hydrogens (tertiary/aromatic N) is 3. The number of nitrogens with one attached hydrogen (secondary N) is 2. The van der Waals surface area contributed by atoms with Gasteiger partial charge in [0.1, 0.15) is 28.1 Å². The molecule has 2 aromatic heterocycles. The average molecular weight is 405 g/mol. The maximum atomic E-state index is 13.2. The number of nitrogen functional groups attached to an aromatic ring is 1. The minimum Gasteiger partial charge on any atom is -0.353 e. The number of nitrogens with two attached hydrogens (primary N) is 1. The third kappa shape index (κ3) is 3.13. The Morgan fingerprint density at radius 3 is 2.78 bits per heavy atom. The van der Waals surface area contributed by atoms with Gasteiger partial charge >= 0.3 is 0 Å². The van der Waals surface area contributed by atoms with Crippen LogP contribution in [0.2, 0.25) is 0 Å². The molecule has 1 aliphatic heterocycles. The fourth-order valence-electron chi connectivity index (χ4n) is 3.30. The predicted molar refractivity (Wildman–Crippen MR) is 108 cm³/mol. The third-order valence-electron chi connectivity index (χ3n) is 4.53. The highest BCUT2D eigenvalue weighted by molar-refractivity contribution is 8.00. The first-order valence-electron chi connectivity index (χ1n) is 8.52. The Bertz CT molecular complexity index is 1070. The molecule has 27 heavy (non-hydrogen) atoms. The van der Waals surface area contributed by atoms with Crippen molar-refractivity contribution in [2.24, 2.45) is 5.84 Å². The van der Waals surface area contributed by atoms with Crippen molar-refractivity contribution in [3.8, 4) is 0 Å². The summed E-state index contributed by atoms with van der Waals surface area (Å²) in [5, 5.41) is 0.471. The Kier molecular flexibility index (Phi) is 4.70. The van der Waals surface area contributed by atoms with Crippen LogP contribution in [0.5, 0.6) is 0 Å². The van der Waals surface area contributed by atoms with Gasteiger partial charge < -0.3 is 15.3 Å². The number of sulfone groups is 1. The van der Waals surface area contributed by atoms with Gasteiger partial charge in [-0.1, -0.05) is 25.1 Å². The molecule has 0 bridgehead atoms. The highest BCUT2D eigenvalue weighted by Crippen LogP contribution is 2.37. The fourth-order valence-corrected chi connectivity index (χ4v) is 5.85. The Balaban J connectivity index is 1.91. The second kappa shape index (κ2) is 7.02. The van der Waals surface area contributed by atoms with Crippen LogP contribution < -0.4 is 16.2 Å². The Labute approximate surface area is 161 Å². The van der Waals surface area contributed by atoms with Gasteiger partial charge in [-0.3, -0.25) is 0 Å². The molecule has 10 heteroatoms. The number of hydrazine groups is 1. The van der Waals surface area contributed by atoms with Crippen LogP contribution in [0.1, 0.15) is 6.92 Å². The Hall–Kier alpha value is -2.30. The van der Waals surface area contributed by atoms with Crippen molar-refractivity contribution < 1.29 is 8.42 Å². The second-order valence-electron chi connectivity index (χ2n) is 6.34. The molecule has 0 amide bonds. The number of hydrogen-bond donors (Lipinski definition) is 3. The maximum Gasteiger partial charge on any atom is 0.212 e. The van der Waals surface area contributed by atoms with Crippen LogP contribution in [0.15, 0.2) is 46.5 Å². The molecule has 1 aliphatic rings. The van der Waals surface area contributed by atoms with Crippen LogP contribution in [0.3, 0.4) is 0 Å². The van der Waals surface area contributed by atoms with Gasteiger partial charge in [0.15, 0.2) is 5.82 Å². The molecule has 1 fully saturated rings. The number of hydrogen-bond acceptors (Lipinski definition) is 8. The molecule has 1 saturated heterocycles. The summed E-state index contributed by atoms with van der Waals surface area (Å²) in [7, 11) is -3.81. The van der Waals surface area contributed by atoms with Crippen molar-refractivity contribution in [2.75, 3.05) is 29.2 Å². The van der Waals surface area contributed by atoms with Crippen LogP contribution in [0.25, 0.3) is 11.0 Å². The number of rotatable bonds is 4. The molecular weight excluding hydrogens is 384 g/mol. The topological polar surface area (TPSA) is 117 Å². The summed E-state index contributed by atoms with van der Waals surface area (Å²) in [5.41, 5.74) is 3.38. The molecule has 1 atom stereocenters. The van der Waals surface area contributed by atoms with E-state index in [1.54, 1.807) is 30.3 Å². The zero-order valence-corrected chi connectivity index (χ0v) is 16.3. The number of aromatic nitrogens is 3. The molecular formula is C17H20N6O2S2. The van der Waals surface area contributed by atoms with Crippen LogP contribution in [0, 0.1) is 0 Å². The van der Waals surface area contributed by atoms with Crippen molar-refractivity contribution in [2.45, 2.75) is 22.0 Å². The van der Waals surface area contributed by atoms with E-state index in [0.29, 0.717) is 22.1 Å². The van der Waals surface area contributed by atoms with E-state index in [2.05, 4.69) is 32.2 Å². The lowest BCUT2D eigenvalue weighted by Crippen LogP contribution is -2.37. The van der Waals surface area contributed by atoms with Crippen LogP contribution in [-0.2, 0) is 9.84 Å². The van der Waals surface area contributed by atoms with Crippen molar-refractivity contribution in [3.05, 3.63) is 36.7 Å². The third-order valence-corrected chi connectivity index (χ3v) is 7.49. The average Bonchev–Trinajstić information content (AvgIpc) is 3.08. The molecule has 8 nitrogen and oxygen atoms in total. The van der Waals surface area contributed by atoms with Gasteiger partial charge in [0.25, 0.3) is 0 Å². The smallest absolute Gasteiger partial charge is 0.212 e. The van der Waals surface area contributed by atoms with E-state index in [0.717, 1.165) is 18.8 Å². The van der Waals surface area contributed by atoms with Crippen molar-refractivity contribution in [1.82, 2.24) is 15.0 Å². The zero-order valence-electron chi connectivity index (χ0n) is 14.7. The first-order chi connectivity index (χ1) is 13.0. The molecule has 0 aliphatic carbocycles. The summed E-state index contributed by atoms with van der Waals surface area (Å²) in [6.45, 7) is 3.84. The van der Waals surface area contributed by atoms with E-state index in [-0.39, 0.29) is 15.6 Å². The SMILES string of the molecule is CC1CN(c2ncnc3c(S(=O)(=O)c4ccccc4)c(NN)[nH]c23)CCS1. The van der Waals surface area contributed by atoms with Gasteiger partial charge in [-0.2, -0.15) is 11.8 Å². The summed E-state index contributed by atoms with van der Waals surface area (Å²) >= 11 is 1.91. The molecule has 4 rings (SSSR count). The number of benzene rings is 1. The molecule has 1 aromatic carbocycles. The van der Waals surface area contributed by atoms with E-state index in [4.69, 9.17) is 5.84 Å². The summed E-state index contributed by atoms with van der Waals surface area (Å²) in [5.74, 6) is 7.52. The molecule has 0 saturated carbocycles. The minimum absolute atomic E-state index is 0.0364. The van der Waals surface area contributed by atoms with Crippen molar-refractivity contribution in [3.63, 3.8) is 0 Å². The highest BCUT2D eigenvalue weighted by atomic mass is 32.2. The lowest BCUT2D eigenvalue weighted by atomic mass is 10.3. The van der Waals surface area contributed by atoms with Gasteiger partial charge in [0.2, 0.25) is 9.84 Å². The largest absolute Gasteiger partial charge is 0.353 e. The van der Waals surface area contributed by atoms with Crippen LogP contribution in [-0.4, -0.2) is 47.5 Å². The number of H-pyrrole nitrogens is 1. The lowest BCUT2D eigenvalue weighted by molar-refractivity contribution is 0.597. The van der Waals surface area contributed by atoms with E-state index in [1.165, 1.54) is 6.33 Å². The predicted octanol–water partition coefficient (Wildman–Crippen LogP) is 2.02. The summed E-state index contributed by atoms with van der Waals surface area (Å²) in [6.07, 6.45) is 1.40. The molecule has 0 radical (unpaired) electrons. The lowest BCUT2D eigenvalue weighted by Gasteiger charge is -2.31. The van der Waals surface area contributed by atoms with E-state index >= 15 is 0 Å². The molecule has 3 aromatic rings.